The van der Waals surface area contributed by atoms with Crippen molar-refractivity contribution in [2.75, 3.05) is 13.2 Å². The molecule has 2 aliphatic rings. The predicted octanol–water partition coefficient (Wildman–Crippen LogP) is -1.52. The molecule has 0 saturated carbocycles. The molecule has 5 atom stereocenters. The Labute approximate surface area is 99.8 Å². The first-order valence-electron chi connectivity index (χ1n) is 5.96. The number of amides is 1. The number of aliphatic hydroxyl groups is 3. The van der Waals surface area contributed by atoms with Crippen LogP contribution in [0.3, 0.4) is 0 Å². The number of piperidine rings is 1. The maximum absolute atomic E-state index is 11.5. The van der Waals surface area contributed by atoms with Gasteiger partial charge >= 0.3 is 0 Å². The van der Waals surface area contributed by atoms with Crippen LogP contribution in [0.4, 0.5) is 0 Å². The zero-order valence-corrected chi connectivity index (χ0v) is 9.82. The molecule has 98 valence electrons. The molecule has 6 nitrogen and oxygen atoms in total. The smallest absolute Gasteiger partial charge is 0.219 e. The second-order valence-corrected chi connectivity index (χ2v) is 4.72. The van der Waals surface area contributed by atoms with Crippen molar-refractivity contribution in [3.63, 3.8) is 0 Å². The van der Waals surface area contributed by atoms with E-state index in [9.17, 15) is 15.0 Å². The van der Waals surface area contributed by atoms with Crippen LogP contribution in [0.25, 0.3) is 0 Å². The highest BCUT2D eigenvalue weighted by Crippen LogP contribution is 2.31. The number of rotatable bonds is 1. The molecule has 1 amide bonds. The van der Waals surface area contributed by atoms with Gasteiger partial charge in [0.2, 0.25) is 5.91 Å². The average Bonchev–Trinajstić information content (AvgIpc) is 2.32. The third-order valence-electron chi connectivity index (χ3n) is 3.64. The molecule has 2 aliphatic heterocycles. The summed E-state index contributed by atoms with van der Waals surface area (Å²) in [7, 11) is 0. The number of carbonyl (C=O) groups is 1. The van der Waals surface area contributed by atoms with Crippen molar-refractivity contribution in [2.45, 2.75) is 50.2 Å². The Kier molecular flexibility index (Phi) is 3.67. The zero-order chi connectivity index (χ0) is 12.6. The van der Waals surface area contributed by atoms with Gasteiger partial charge in [-0.05, 0) is 12.8 Å². The summed E-state index contributed by atoms with van der Waals surface area (Å²) in [5, 5.41) is 28.9. The Morgan fingerprint density at radius 1 is 1.41 bits per heavy atom. The van der Waals surface area contributed by atoms with Crippen LogP contribution in [0.5, 0.6) is 0 Å². The lowest BCUT2D eigenvalue weighted by Gasteiger charge is -2.49. The van der Waals surface area contributed by atoms with Gasteiger partial charge in [0.1, 0.15) is 18.3 Å². The van der Waals surface area contributed by atoms with Gasteiger partial charge in [-0.25, -0.2) is 0 Å². The summed E-state index contributed by atoms with van der Waals surface area (Å²) in [5.74, 6) is -0.128. The highest BCUT2D eigenvalue weighted by Gasteiger charge is 2.48. The maximum atomic E-state index is 11.5. The number of fused-ring (bicyclic) bond motifs is 1. The Balaban J connectivity index is 2.19. The van der Waals surface area contributed by atoms with Crippen LogP contribution in [0.2, 0.25) is 0 Å². The number of hydrogen-bond donors (Lipinski definition) is 3. The third-order valence-corrected chi connectivity index (χ3v) is 3.64. The summed E-state index contributed by atoms with van der Waals surface area (Å²) in [4.78, 5) is 13.0. The summed E-state index contributed by atoms with van der Waals surface area (Å²) in [6.45, 7) is 1.69. The SMILES string of the molecule is CC(=O)N1CCCC2O[C@H](CO)[C@H](O)[C@H](O)[C@H]21. The fourth-order valence-electron chi connectivity index (χ4n) is 2.78. The first-order chi connectivity index (χ1) is 8.06. The van der Waals surface area contributed by atoms with E-state index in [1.165, 1.54) is 6.92 Å². The van der Waals surface area contributed by atoms with E-state index in [-0.39, 0.29) is 18.6 Å². The molecule has 0 aromatic carbocycles. The molecular weight excluding hydrogens is 226 g/mol. The minimum absolute atomic E-state index is 0.128. The number of ether oxygens (including phenoxy) is 1. The summed E-state index contributed by atoms with van der Waals surface area (Å²) >= 11 is 0. The fraction of sp³-hybridized carbons (Fsp3) is 0.909. The van der Waals surface area contributed by atoms with Crippen molar-refractivity contribution in [2.24, 2.45) is 0 Å². The van der Waals surface area contributed by atoms with Gasteiger partial charge in [0.05, 0.1) is 18.8 Å². The highest BCUT2D eigenvalue weighted by molar-refractivity contribution is 5.74. The molecule has 0 aromatic heterocycles. The Morgan fingerprint density at radius 2 is 2.12 bits per heavy atom. The molecule has 6 heteroatoms. The summed E-state index contributed by atoms with van der Waals surface area (Å²) < 4.78 is 5.55. The summed E-state index contributed by atoms with van der Waals surface area (Å²) in [6.07, 6.45) is -1.74. The molecule has 2 rings (SSSR count). The van der Waals surface area contributed by atoms with Gasteiger partial charge in [-0.1, -0.05) is 0 Å². The van der Waals surface area contributed by atoms with E-state index in [2.05, 4.69) is 0 Å². The monoisotopic (exact) mass is 245 g/mol. The number of aliphatic hydroxyl groups excluding tert-OH is 3. The lowest BCUT2D eigenvalue weighted by Crippen LogP contribution is -2.66. The first kappa shape index (κ1) is 12.8. The van der Waals surface area contributed by atoms with Crippen molar-refractivity contribution in [3.05, 3.63) is 0 Å². The molecule has 2 saturated heterocycles. The molecule has 0 aliphatic carbocycles. The standard InChI is InChI=1S/C11H19NO5/c1-6(14)12-4-2-3-7-9(12)11(16)10(15)8(5-13)17-7/h7-11,13,15-16H,2-5H2,1H3/t7?,8-,9+,10+,11-/m1/s1. The van der Waals surface area contributed by atoms with Gasteiger partial charge in [0.15, 0.2) is 0 Å². The van der Waals surface area contributed by atoms with E-state index in [0.717, 1.165) is 12.8 Å². The van der Waals surface area contributed by atoms with E-state index >= 15 is 0 Å². The molecule has 17 heavy (non-hydrogen) atoms. The lowest BCUT2D eigenvalue weighted by atomic mass is 9.86. The van der Waals surface area contributed by atoms with E-state index in [4.69, 9.17) is 9.84 Å². The van der Waals surface area contributed by atoms with Crippen LogP contribution in [0, 0.1) is 0 Å². The Morgan fingerprint density at radius 3 is 2.71 bits per heavy atom. The fourth-order valence-corrected chi connectivity index (χ4v) is 2.78. The molecule has 2 fully saturated rings. The van der Waals surface area contributed by atoms with Crippen LogP contribution in [0.1, 0.15) is 19.8 Å². The number of hydrogen-bond acceptors (Lipinski definition) is 5. The van der Waals surface area contributed by atoms with Crippen molar-refractivity contribution in [3.8, 4) is 0 Å². The van der Waals surface area contributed by atoms with Gasteiger partial charge in [-0.3, -0.25) is 4.79 Å². The summed E-state index contributed by atoms with van der Waals surface area (Å²) in [5.41, 5.74) is 0. The van der Waals surface area contributed by atoms with Gasteiger partial charge in [-0.2, -0.15) is 0 Å². The van der Waals surface area contributed by atoms with Crippen LogP contribution in [-0.2, 0) is 9.53 Å². The number of nitrogens with zero attached hydrogens (tertiary/aromatic N) is 1. The van der Waals surface area contributed by atoms with Gasteiger partial charge in [-0.15, -0.1) is 0 Å². The normalized spacial score (nSPS) is 42.1. The minimum atomic E-state index is -1.15. The van der Waals surface area contributed by atoms with Crippen molar-refractivity contribution in [1.29, 1.82) is 0 Å². The average molecular weight is 245 g/mol. The lowest BCUT2D eigenvalue weighted by molar-refractivity contribution is -0.223. The van der Waals surface area contributed by atoms with E-state index in [1.807, 2.05) is 0 Å². The van der Waals surface area contributed by atoms with Gasteiger partial charge in [0.25, 0.3) is 0 Å². The molecule has 1 unspecified atom stereocenters. The second-order valence-electron chi connectivity index (χ2n) is 4.72. The Bertz CT molecular complexity index is 296. The van der Waals surface area contributed by atoms with E-state index in [1.54, 1.807) is 4.90 Å². The third kappa shape index (κ3) is 2.18. The summed E-state index contributed by atoms with van der Waals surface area (Å²) in [6, 6.07) is -0.501. The molecular formula is C11H19NO5. The van der Waals surface area contributed by atoms with Crippen molar-refractivity contribution in [1.82, 2.24) is 4.90 Å². The van der Waals surface area contributed by atoms with Crippen LogP contribution in [0.15, 0.2) is 0 Å². The Hall–Kier alpha value is -0.690. The topological polar surface area (TPSA) is 90.2 Å². The molecule has 2 heterocycles. The van der Waals surface area contributed by atoms with Gasteiger partial charge < -0.3 is 25.0 Å². The predicted molar refractivity (Wildman–Crippen MR) is 58.2 cm³/mol. The first-order valence-corrected chi connectivity index (χ1v) is 5.96. The minimum Gasteiger partial charge on any atom is -0.394 e. The largest absolute Gasteiger partial charge is 0.394 e. The molecule has 0 bridgehead atoms. The molecule has 0 radical (unpaired) electrons. The van der Waals surface area contributed by atoms with Crippen LogP contribution >= 0.6 is 0 Å². The van der Waals surface area contributed by atoms with Crippen LogP contribution < -0.4 is 0 Å². The zero-order valence-electron chi connectivity index (χ0n) is 9.82. The molecule has 0 aromatic rings. The highest BCUT2D eigenvalue weighted by atomic mass is 16.5. The second kappa shape index (κ2) is 4.89. The number of carbonyl (C=O) groups excluding carboxylic acids is 1. The van der Waals surface area contributed by atoms with Crippen LogP contribution in [-0.4, -0.2) is 69.7 Å². The van der Waals surface area contributed by atoms with Crippen molar-refractivity contribution < 1.29 is 24.9 Å². The van der Waals surface area contributed by atoms with E-state index in [0.29, 0.717) is 6.54 Å². The number of likely N-dealkylation sites (tertiary alicyclic amines) is 1. The van der Waals surface area contributed by atoms with Crippen molar-refractivity contribution >= 4 is 5.91 Å². The maximum Gasteiger partial charge on any atom is 0.219 e. The molecule has 0 spiro atoms. The van der Waals surface area contributed by atoms with E-state index < -0.39 is 24.4 Å². The van der Waals surface area contributed by atoms with Gasteiger partial charge in [0, 0.05) is 13.5 Å². The quantitative estimate of drug-likeness (QED) is 0.522. The molecule has 3 N–H and O–H groups in total.